The largest absolute Gasteiger partial charge is 0.381 e. The van der Waals surface area contributed by atoms with Gasteiger partial charge in [-0.25, -0.2) is 9.18 Å². The summed E-state index contributed by atoms with van der Waals surface area (Å²) in [6.45, 7) is 0.557. The number of fused-ring (bicyclic) bond motifs is 1. The average Bonchev–Trinajstić information content (AvgIpc) is 2.77. The molecule has 0 atom stereocenters. The Morgan fingerprint density at radius 2 is 1.90 bits per heavy atom. The van der Waals surface area contributed by atoms with Crippen LogP contribution in [0.3, 0.4) is 0 Å². The van der Waals surface area contributed by atoms with Gasteiger partial charge in [0.15, 0.2) is 0 Å². The lowest BCUT2D eigenvalue weighted by atomic mass is 10.2. The predicted molar refractivity (Wildman–Crippen MR) is 80.3 cm³/mol. The number of anilines is 1. The number of halogens is 2. The third-order valence-electron chi connectivity index (χ3n) is 3.01. The molecule has 0 saturated carbocycles. The summed E-state index contributed by atoms with van der Waals surface area (Å²) >= 11 is 3.33. The molecule has 3 rings (SSSR count). The molecule has 6 heteroatoms. The van der Waals surface area contributed by atoms with Gasteiger partial charge in [0.1, 0.15) is 5.82 Å². The zero-order chi connectivity index (χ0) is 14.1. The highest BCUT2D eigenvalue weighted by atomic mass is 79.9. The molecule has 3 N–H and O–H groups in total. The second-order valence-corrected chi connectivity index (χ2v) is 5.28. The summed E-state index contributed by atoms with van der Waals surface area (Å²) in [6.07, 6.45) is 0. The van der Waals surface area contributed by atoms with Gasteiger partial charge in [0.25, 0.3) is 0 Å². The first kappa shape index (κ1) is 12.9. The van der Waals surface area contributed by atoms with Gasteiger partial charge in [0.05, 0.1) is 11.0 Å². The van der Waals surface area contributed by atoms with Crippen molar-refractivity contribution >= 4 is 32.7 Å². The van der Waals surface area contributed by atoms with Crippen molar-refractivity contribution in [3.05, 3.63) is 62.7 Å². The molecule has 0 fully saturated rings. The zero-order valence-corrected chi connectivity index (χ0v) is 11.9. The maximum Gasteiger partial charge on any atom is 0.323 e. The van der Waals surface area contributed by atoms with Gasteiger partial charge >= 0.3 is 5.69 Å². The van der Waals surface area contributed by atoms with Gasteiger partial charge in [-0.2, -0.15) is 0 Å². The lowest BCUT2D eigenvalue weighted by Crippen LogP contribution is -2.00. The summed E-state index contributed by atoms with van der Waals surface area (Å²) in [6, 6.07) is 10.1. The molecule has 20 heavy (non-hydrogen) atoms. The number of rotatable bonds is 3. The van der Waals surface area contributed by atoms with Crippen LogP contribution in [0.1, 0.15) is 5.56 Å². The van der Waals surface area contributed by atoms with Crippen LogP contribution in [0.5, 0.6) is 0 Å². The Bertz CT molecular complexity index is 825. The predicted octanol–water partition coefficient (Wildman–Crippen LogP) is 3.37. The van der Waals surface area contributed by atoms with E-state index in [-0.39, 0.29) is 11.5 Å². The third-order valence-corrected chi connectivity index (χ3v) is 3.75. The summed E-state index contributed by atoms with van der Waals surface area (Å²) in [5.41, 5.74) is 3.12. The molecule has 0 aliphatic carbocycles. The Kier molecular flexibility index (Phi) is 3.31. The molecule has 0 radical (unpaired) electrons. The van der Waals surface area contributed by atoms with E-state index >= 15 is 0 Å². The molecule has 2 aromatic carbocycles. The average molecular weight is 336 g/mol. The van der Waals surface area contributed by atoms with E-state index in [0.29, 0.717) is 6.54 Å². The molecule has 0 amide bonds. The summed E-state index contributed by atoms with van der Waals surface area (Å²) in [7, 11) is 0. The van der Waals surface area contributed by atoms with Crippen molar-refractivity contribution in [1.82, 2.24) is 9.97 Å². The number of imidazole rings is 1. The molecular weight excluding hydrogens is 325 g/mol. The van der Waals surface area contributed by atoms with Crippen LogP contribution in [0.25, 0.3) is 11.0 Å². The zero-order valence-electron chi connectivity index (χ0n) is 10.3. The van der Waals surface area contributed by atoms with Crippen LogP contribution < -0.4 is 11.0 Å². The van der Waals surface area contributed by atoms with Gasteiger partial charge in [-0.05, 0) is 35.9 Å². The number of H-pyrrole nitrogens is 2. The van der Waals surface area contributed by atoms with Crippen molar-refractivity contribution in [3.63, 3.8) is 0 Å². The van der Waals surface area contributed by atoms with Crippen LogP contribution in [0.15, 0.2) is 45.7 Å². The van der Waals surface area contributed by atoms with Crippen molar-refractivity contribution in [2.45, 2.75) is 6.54 Å². The van der Waals surface area contributed by atoms with Crippen LogP contribution in [-0.2, 0) is 6.54 Å². The molecule has 0 aliphatic heterocycles. The lowest BCUT2D eigenvalue weighted by molar-refractivity contribution is 0.626. The highest BCUT2D eigenvalue weighted by molar-refractivity contribution is 9.10. The van der Waals surface area contributed by atoms with Crippen molar-refractivity contribution < 1.29 is 4.39 Å². The minimum atomic E-state index is -0.271. The Morgan fingerprint density at radius 3 is 2.70 bits per heavy atom. The highest BCUT2D eigenvalue weighted by Crippen LogP contribution is 2.20. The van der Waals surface area contributed by atoms with E-state index in [9.17, 15) is 9.18 Å². The monoisotopic (exact) mass is 335 g/mol. The van der Waals surface area contributed by atoms with Gasteiger partial charge in [-0.15, -0.1) is 0 Å². The number of hydrogen-bond acceptors (Lipinski definition) is 2. The lowest BCUT2D eigenvalue weighted by Gasteiger charge is -2.08. The first-order chi connectivity index (χ1) is 9.61. The topological polar surface area (TPSA) is 60.7 Å². The quantitative estimate of drug-likeness (QED) is 0.687. The highest BCUT2D eigenvalue weighted by Gasteiger charge is 2.03. The van der Waals surface area contributed by atoms with E-state index < -0.39 is 0 Å². The van der Waals surface area contributed by atoms with Gasteiger partial charge in [-0.1, -0.05) is 22.0 Å². The van der Waals surface area contributed by atoms with Gasteiger partial charge < -0.3 is 15.3 Å². The van der Waals surface area contributed by atoms with Crippen molar-refractivity contribution in [1.29, 1.82) is 0 Å². The Hall–Kier alpha value is -2.08. The molecule has 0 bridgehead atoms. The van der Waals surface area contributed by atoms with Crippen LogP contribution in [-0.4, -0.2) is 9.97 Å². The number of aromatic amines is 2. The molecular formula is C14H11BrFN3O. The maximum absolute atomic E-state index is 13.0. The van der Waals surface area contributed by atoms with Crippen molar-refractivity contribution in [2.75, 3.05) is 5.32 Å². The molecule has 0 spiro atoms. The maximum atomic E-state index is 13.0. The molecule has 0 unspecified atom stereocenters. The van der Waals surface area contributed by atoms with Gasteiger partial charge in [-0.3, -0.25) is 0 Å². The molecule has 4 nitrogen and oxygen atoms in total. The van der Waals surface area contributed by atoms with Crippen molar-refractivity contribution in [2.24, 2.45) is 0 Å². The first-order valence-corrected chi connectivity index (χ1v) is 6.81. The van der Waals surface area contributed by atoms with Crippen LogP contribution in [0.2, 0.25) is 0 Å². The second-order valence-electron chi connectivity index (χ2n) is 4.43. The SMILES string of the molecule is O=c1[nH]c2ccc(NCc3ccc(F)cc3Br)cc2[nH]1. The number of hydrogen-bond donors (Lipinski definition) is 3. The Labute approximate surface area is 122 Å². The van der Waals surface area contributed by atoms with Gasteiger partial charge in [0, 0.05) is 16.7 Å². The van der Waals surface area contributed by atoms with E-state index in [0.717, 1.165) is 26.8 Å². The second kappa shape index (κ2) is 5.13. The first-order valence-electron chi connectivity index (χ1n) is 6.02. The van der Waals surface area contributed by atoms with E-state index in [1.165, 1.54) is 12.1 Å². The van der Waals surface area contributed by atoms with Crippen LogP contribution in [0.4, 0.5) is 10.1 Å². The van der Waals surface area contributed by atoms with Crippen molar-refractivity contribution in [3.8, 4) is 0 Å². The third kappa shape index (κ3) is 2.60. The standard InChI is InChI=1S/C14H11BrFN3O/c15-11-5-9(16)2-1-8(11)7-17-10-3-4-12-13(6-10)19-14(20)18-12/h1-6,17H,7H2,(H2,18,19,20). The molecule has 0 saturated heterocycles. The van der Waals surface area contributed by atoms with Crippen LogP contribution >= 0.6 is 15.9 Å². The Balaban J connectivity index is 1.80. The molecule has 0 aliphatic rings. The molecule has 3 aromatic rings. The normalized spacial score (nSPS) is 10.9. The van der Waals surface area contributed by atoms with E-state index in [2.05, 4.69) is 31.2 Å². The number of aromatic nitrogens is 2. The summed E-state index contributed by atoms with van der Waals surface area (Å²) in [5.74, 6) is -0.271. The molecule has 1 aromatic heterocycles. The fourth-order valence-corrected chi connectivity index (χ4v) is 2.50. The van der Waals surface area contributed by atoms with E-state index in [1.54, 1.807) is 6.07 Å². The minimum Gasteiger partial charge on any atom is -0.381 e. The number of benzene rings is 2. The number of nitrogens with one attached hydrogen (secondary N) is 3. The fraction of sp³-hybridized carbons (Fsp3) is 0.0714. The summed E-state index contributed by atoms with van der Waals surface area (Å²) in [4.78, 5) is 16.6. The molecule has 102 valence electrons. The smallest absolute Gasteiger partial charge is 0.323 e. The molecule has 1 heterocycles. The van der Waals surface area contributed by atoms with E-state index in [1.807, 2.05) is 18.2 Å². The van der Waals surface area contributed by atoms with Gasteiger partial charge in [0.2, 0.25) is 0 Å². The minimum absolute atomic E-state index is 0.224. The fourth-order valence-electron chi connectivity index (χ4n) is 2.00. The van der Waals surface area contributed by atoms with E-state index in [4.69, 9.17) is 0 Å². The summed E-state index contributed by atoms with van der Waals surface area (Å²) in [5, 5.41) is 3.23. The Morgan fingerprint density at radius 1 is 1.10 bits per heavy atom. The van der Waals surface area contributed by atoms with Crippen LogP contribution in [0, 0.1) is 5.82 Å². The summed E-state index contributed by atoms with van der Waals surface area (Å²) < 4.78 is 13.7.